The maximum Gasteiger partial charge on any atom is 0.292 e. The summed E-state index contributed by atoms with van der Waals surface area (Å²) in [5, 5.41) is 14.4. The number of hydrogen-bond donors (Lipinski definition) is 1. The van der Waals surface area contributed by atoms with Crippen molar-refractivity contribution in [1.29, 1.82) is 0 Å². The maximum absolute atomic E-state index is 13.6. The number of nitro groups is 1. The van der Waals surface area contributed by atoms with E-state index >= 15 is 0 Å². The van der Waals surface area contributed by atoms with Crippen molar-refractivity contribution in [3.05, 3.63) is 45.5 Å². The molecule has 0 aromatic heterocycles. The molecule has 1 aromatic rings. The van der Waals surface area contributed by atoms with Crippen molar-refractivity contribution < 1.29 is 9.72 Å². The molecule has 3 unspecified atom stereocenters. The Hall–Kier alpha value is -2.17. The van der Waals surface area contributed by atoms with Gasteiger partial charge in [-0.3, -0.25) is 14.9 Å². The summed E-state index contributed by atoms with van der Waals surface area (Å²) in [4.78, 5) is 24.6. The van der Waals surface area contributed by atoms with Crippen LogP contribution in [0.5, 0.6) is 0 Å². The molecule has 0 bridgehead atoms. The molecule has 1 amide bonds. The summed E-state index contributed by atoms with van der Waals surface area (Å²) in [5.74, 6) is 1.74. The molecule has 5 nitrogen and oxygen atoms in total. The van der Waals surface area contributed by atoms with E-state index in [0.717, 1.165) is 43.9 Å². The number of carbonyl (C=O) groups excluding carboxylic acids is 1. The van der Waals surface area contributed by atoms with Crippen molar-refractivity contribution in [3.8, 4) is 0 Å². The number of allylic oxidation sites excluding steroid dienone is 2. The summed E-state index contributed by atoms with van der Waals surface area (Å²) >= 11 is 0. The first-order valence-electron chi connectivity index (χ1n) is 11.9. The van der Waals surface area contributed by atoms with Crippen LogP contribution in [0, 0.1) is 38.7 Å². The van der Waals surface area contributed by atoms with Crippen LogP contribution in [0.25, 0.3) is 0 Å². The van der Waals surface area contributed by atoms with E-state index in [4.69, 9.17) is 0 Å². The van der Waals surface area contributed by atoms with Gasteiger partial charge in [-0.2, -0.15) is 0 Å². The average molecular weight is 425 g/mol. The average Bonchev–Trinajstić information content (AvgIpc) is 2.73. The van der Waals surface area contributed by atoms with Gasteiger partial charge in [-0.05, 0) is 74.2 Å². The van der Waals surface area contributed by atoms with Gasteiger partial charge in [0.15, 0.2) is 0 Å². The largest absolute Gasteiger partial charge is 0.320 e. The molecule has 1 N–H and O–H groups in total. The highest BCUT2D eigenvalue weighted by atomic mass is 16.6. The van der Waals surface area contributed by atoms with E-state index < -0.39 is 10.3 Å². The molecule has 4 atom stereocenters. The summed E-state index contributed by atoms with van der Waals surface area (Å²) in [6.45, 7) is 9.19. The molecular weight excluding hydrogens is 388 g/mol. The highest BCUT2D eigenvalue weighted by Crippen LogP contribution is 2.62. The van der Waals surface area contributed by atoms with Gasteiger partial charge in [0.25, 0.3) is 5.69 Å². The molecule has 0 spiro atoms. The predicted molar refractivity (Wildman–Crippen MR) is 124 cm³/mol. The van der Waals surface area contributed by atoms with E-state index in [1.54, 1.807) is 29.3 Å². The second kappa shape index (κ2) is 8.07. The monoisotopic (exact) mass is 424 g/mol. The van der Waals surface area contributed by atoms with Crippen molar-refractivity contribution in [2.45, 2.75) is 79.1 Å². The van der Waals surface area contributed by atoms with Crippen LogP contribution in [0.15, 0.2) is 35.4 Å². The van der Waals surface area contributed by atoms with E-state index in [1.807, 2.05) is 0 Å². The molecule has 168 valence electrons. The first-order chi connectivity index (χ1) is 14.7. The third-order valence-corrected chi connectivity index (χ3v) is 8.87. The molecule has 0 saturated heterocycles. The topological polar surface area (TPSA) is 72.2 Å². The molecule has 5 heteroatoms. The Kier molecular flexibility index (Phi) is 5.74. The summed E-state index contributed by atoms with van der Waals surface area (Å²) in [6.07, 6.45) is 8.83. The van der Waals surface area contributed by atoms with Gasteiger partial charge in [0.2, 0.25) is 5.91 Å². The van der Waals surface area contributed by atoms with Crippen molar-refractivity contribution in [2.24, 2.45) is 28.6 Å². The molecule has 0 aliphatic heterocycles. The molecule has 1 fully saturated rings. The Morgan fingerprint density at radius 1 is 1.16 bits per heavy atom. The number of benzene rings is 1. The van der Waals surface area contributed by atoms with Crippen LogP contribution >= 0.6 is 0 Å². The van der Waals surface area contributed by atoms with Crippen LogP contribution < -0.4 is 5.32 Å². The minimum Gasteiger partial charge on any atom is -0.320 e. The first kappa shape index (κ1) is 22.0. The van der Waals surface area contributed by atoms with Gasteiger partial charge < -0.3 is 5.32 Å². The number of nitrogens with zero attached hydrogens (tertiary/aromatic N) is 1. The normalized spacial score (nSPS) is 32.9. The molecule has 0 heterocycles. The third-order valence-electron chi connectivity index (χ3n) is 8.87. The lowest BCUT2D eigenvalue weighted by atomic mass is 9.48. The minimum absolute atomic E-state index is 0.0429. The number of fused-ring (bicyclic) bond motifs is 2. The van der Waals surface area contributed by atoms with Crippen molar-refractivity contribution in [2.75, 3.05) is 5.32 Å². The Bertz CT molecular complexity index is 921. The maximum atomic E-state index is 13.6. The van der Waals surface area contributed by atoms with Gasteiger partial charge in [0.05, 0.1) is 10.3 Å². The van der Waals surface area contributed by atoms with Crippen molar-refractivity contribution in [1.82, 2.24) is 0 Å². The molecule has 3 aliphatic rings. The number of nitro benzene ring substituents is 1. The Morgan fingerprint density at radius 3 is 2.61 bits per heavy atom. The summed E-state index contributed by atoms with van der Waals surface area (Å²) in [6, 6.07) is 6.46. The Labute approximate surface area is 185 Å². The fourth-order valence-corrected chi connectivity index (χ4v) is 7.03. The number of hydrogen-bond acceptors (Lipinski definition) is 3. The second-order valence-electron chi connectivity index (χ2n) is 10.8. The number of anilines is 1. The SMILES string of the molecule is CC(C)C1CCC2=C(CCC3C2(C)CCC[C@@]3(C)C(=O)Nc2ccccc2[N+](=O)[O-])C1. The number of nitrogens with one attached hydrogen (secondary N) is 1. The van der Waals surface area contributed by atoms with Gasteiger partial charge in [0.1, 0.15) is 5.69 Å². The van der Waals surface area contributed by atoms with E-state index in [-0.39, 0.29) is 22.9 Å². The van der Waals surface area contributed by atoms with E-state index in [2.05, 4.69) is 33.0 Å². The molecule has 1 aromatic carbocycles. The highest BCUT2D eigenvalue weighted by molar-refractivity contribution is 5.97. The van der Waals surface area contributed by atoms with E-state index in [0.29, 0.717) is 5.69 Å². The van der Waals surface area contributed by atoms with Crippen LogP contribution in [0.3, 0.4) is 0 Å². The number of rotatable bonds is 4. The number of carbonyl (C=O) groups is 1. The van der Waals surface area contributed by atoms with Crippen LogP contribution in [-0.2, 0) is 4.79 Å². The van der Waals surface area contributed by atoms with Gasteiger partial charge in [0, 0.05) is 6.07 Å². The van der Waals surface area contributed by atoms with E-state index in [1.165, 1.54) is 25.3 Å². The van der Waals surface area contributed by atoms with Gasteiger partial charge in [-0.1, -0.05) is 57.4 Å². The van der Waals surface area contributed by atoms with Crippen molar-refractivity contribution in [3.63, 3.8) is 0 Å². The Balaban J connectivity index is 1.62. The van der Waals surface area contributed by atoms with Crippen LogP contribution in [0.4, 0.5) is 11.4 Å². The molecule has 1 saturated carbocycles. The minimum atomic E-state index is -0.510. The second-order valence-corrected chi connectivity index (χ2v) is 10.8. The fourth-order valence-electron chi connectivity index (χ4n) is 7.03. The standard InChI is InChI=1S/C26H36N2O3/c1-17(2)18-10-12-20-19(16-18)11-13-23-25(20,3)14-7-15-26(23,4)24(29)27-21-8-5-6-9-22(21)28(30)31/h5-6,8-9,17-18,23H,7,10-16H2,1-4H3,(H,27,29)/t18?,23?,25?,26-/m1/s1. The fraction of sp³-hybridized carbons (Fsp3) is 0.654. The predicted octanol–water partition coefficient (Wildman–Crippen LogP) is 6.89. The first-order valence-corrected chi connectivity index (χ1v) is 11.9. The number of para-hydroxylation sites is 2. The molecular formula is C26H36N2O3. The number of amides is 1. The Morgan fingerprint density at radius 2 is 1.90 bits per heavy atom. The molecule has 3 aliphatic carbocycles. The smallest absolute Gasteiger partial charge is 0.292 e. The van der Waals surface area contributed by atoms with Gasteiger partial charge >= 0.3 is 0 Å². The third kappa shape index (κ3) is 3.70. The molecule has 0 radical (unpaired) electrons. The summed E-state index contributed by atoms with van der Waals surface area (Å²) in [5.41, 5.74) is 3.14. The van der Waals surface area contributed by atoms with Gasteiger partial charge in [-0.25, -0.2) is 0 Å². The van der Waals surface area contributed by atoms with Gasteiger partial charge in [-0.15, -0.1) is 0 Å². The lowest BCUT2D eigenvalue weighted by Crippen LogP contribution is -2.52. The molecule has 31 heavy (non-hydrogen) atoms. The zero-order chi connectivity index (χ0) is 22.4. The van der Waals surface area contributed by atoms with Crippen molar-refractivity contribution >= 4 is 17.3 Å². The quantitative estimate of drug-likeness (QED) is 0.325. The zero-order valence-electron chi connectivity index (χ0n) is 19.4. The summed E-state index contributed by atoms with van der Waals surface area (Å²) < 4.78 is 0. The highest BCUT2D eigenvalue weighted by Gasteiger charge is 2.56. The van der Waals surface area contributed by atoms with Crippen LogP contribution in [0.1, 0.15) is 79.1 Å². The van der Waals surface area contributed by atoms with Crippen LogP contribution in [0.2, 0.25) is 0 Å². The lowest BCUT2D eigenvalue weighted by Gasteiger charge is -2.56. The lowest BCUT2D eigenvalue weighted by molar-refractivity contribution is -0.383. The zero-order valence-corrected chi connectivity index (χ0v) is 19.4. The summed E-state index contributed by atoms with van der Waals surface area (Å²) in [7, 11) is 0. The molecule has 4 rings (SSSR count). The van der Waals surface area contributed by atoms with E-state index in [9.17, 15) is 14.9 Å². The van der Waals surface area contributed by atoms with Crippen LogP contribution in [-0.4, -0.2) is 10.8 Å².